The van der Waals surface area contributed by atoms with Crippen LogP contribution in [0.5, 0.6) is 5.75 Å². The van der Waals surface area contributed by atoms with E-state index >= 15 is 0 Å². The third kappa shape index (κ3) is 1.19. The topological polar surface area (TPSA) is 47.6 Å². The molecule has 0 fully saturated rings. The van der Waals surface area contributed by atoms with Crippen LogP contribution >= 0.6 is 0 Å². The summed E-state index contributed by atoms with van der Waals surface area (Å²) in [5.41, 5.74) is 5.79. The van der Waals surface area contributed by atoms with Gasteiger partial charge in [-0.15, -0.1) is 0 Å². The van der Waals surface area contributed by atoms with Gasteiger partial charge in [0.25, 0.3) is 0 Å². The SMILES string of the molecule is CC1(N)C=Nc2ccccc2O1. The quantitative estimate of drug-likeness (QED) is 0.627. The van der Waals surface area contributed by atoms with E-state index in [1.54, 1.807) is 13.1 Å². The van der Waals surface area contributed by atoms with Gasteiger partial charge in [-0.2, -0.15) is 0 Å². The minimum Gasteiger partial charge on any atom is -0.466 e. The third-order valence-corrected chi connectivity index (χ3v) is 1.66. The Morgan fingerprint density at radius 2 is 2.17 bits per heavy atom. The van der Waals surface area contributed by atoms with E-state index in [0.717, 1.165) is 11.4 Å². The molecule has 0 radical (unpaired) electrons. The molecule has 0 aliphatic carbocycles. The maximum absolute atomic E-state index is 5.72. The van der Waals surface area contributed by atoms with Crippen molar-refractivity contribution in [1.82, 2.24) is 0 Å². The Morgan fingerprint density at radius 1 is 1.42 bits per heavy atom. The van der Waals surface area contributed by atoms with Gasteiger partial charge in [-0.1, -0.05) is 12.1 Å². The Labute approximate surface area is 70.9 Å². The van der Waals surface area contributed by atoms with Crippen molar-refractivity contribution in [3.05, 3.63) is 24.3 Å². The summed E-state index contributed by atoms with van der Waals surface area (Å²) in [7, 11) is 0. The Morgan fingerprint density at radius 3 is 3.00 bits per heavy atom. The number of hydrogen-bond donors (Lipinski definition) is 1. The molecule has 0 bridgehead atoms. The molecule has 0 aromatic heterocycles. The van der Waals surface area contributed by atoms with Gasteiger partial charge in [0.1, 0.15) is 11.4 Å². The van der Waals surface area contributed by atoms with Crippen LogP contribution in [0.25, 0.3) is 0 Å². The zero-order chi connectivity index (χ0) is 8.60. The van der Waals surface area contributed by atoms with Gasteiger partial charge in [0, 0.05) is 0 Å². The van der Waals surface area contributed by atoms with Crippen LogP contribution in [-0.2, 0) is 0 Å². The molecule has 0 saturated heterocycles. The van der Waals surface area contributed by atoms with Gasteiger partial charge >= 0.3 is 0 Å². The fourth-order valence-electron chi connectivity index (χ4n) is 1.11. The lowest BCUT2D eigenvalue weighted by Crippen LogP contribution is -2.45. The standard InChI is InChI=1S/C9H10N2O/c1-9(10)6-11-7-4-2-3-5-8(7)12-9/h2-6H,10H2,1H3. The molecule has 1 aromatic rings. The smallest absolute Gasteiger partial charge is 0.192 e. The molecular formula is C9H10N2O. The number of benzene rings is 1. The van der Waals surface area contributed by atoms with Crippen LogP contribution in [0, 0.1) is 0 Å². The summed E-state index contributed by atoms with van der Waals surface area (Å²) in [5, 5.41) is 0. The van der Waals surface area contributed by atoms with E-state index in [2.05, 4.69) is 4.99 Å². The van der Waals surface area contributed by atoms with E-state index in [1.807, 2.05) is 24.3 Å². The molecule has 3 nitrogen and oxygen atoms in total. The molecule has 1 aliphatic rings. The molecule has 2 rings (SSSR count). The molecule has 0 amide bonds. The molecule has 2 N–H and O–H groups in total. The fraction of sp³-hybridized carbons (Fsp3) is 0.222. The van der Waals surface area contributed by atoms with E-state index in [1.165, 1.54) is 0 Å². The zero-order valence-corrected chi connectivity index (χ0v) is 6.82. The number of rotatable bonds is 0. The average Bonchev–Trinajstić information content (AvgIpc) is 2.02. The normalized spacial score (nSPS) is 26.2. The number of ether oxygens (including phenoxy) is 1. The number of nitrogens with two attached hydrogens (primary N) is 1. The molecule has 0 spiro atoms. The summed E-state index contributed by atoms with van der Waals surface area (Å²) in [6, 6.07) is 7.56. The van der Waals surface area contributed by atoms with Gasteiger partial charge in [-0.05, 0) is 19.1 Å². The second-order valence-corrected chi connectivity index (χ2v) is 3.01. The molecule has 3 heteroatoms. The van der Waals surface area contributed by atoms with Gasteiger partial charge in [-0.25, -0.2) is 0 Å². The average molecular weight is 162 g/mol. The lowest BCUT2D eigenvalue weighted by Gasteiger charge is -2.25. The molecule has 1 aliphatic heterocycles. The predicted molar refractivity (Wildman–Crippen MR) is 47.8 cm³/mol. The maximum Gasteiger partial charge on any atom is 0.192 e. The highest BCUT2D eigenvalue weighted by Gasteiger charge is 2.22. The van der Waals surface area contributed by atoms with Crippen molar-refractivity contribution in [2.45, 2.75) is 12.6 Å². The van der Waals surface area contributed by atoms with Crippen molar-refractivity contribution in [2.24, 2.45) is 10.7 Å². The first-order chi connectivity index (χ1) is 5.67. The third-order valence-electron chi connectivity index (χ3n) is 1.66. The minimum atomic E-state index is -0.769. The van der Waals surface area contributed by atoms with Gasteiger partial charge in [-0.3, -0.25) is 10.7 Å². The Hall–Kier alpha value is -1.35. The van der Waals surface area contributed by atoms with Crippen LogP contribution in [-0.4, -0.2) is 11.9 Å². The van der Waals surface area contributed by atoms with E-state index in [0.29, 0.717) is 0 Å². The molecule has 1 aromatic carbocycles. The van der Waals surface area contributed by atoms with Crippen LogP contribution in [0.1, 0.15) is 6.92 Å². The van der Waals surface area contributed by atoms with E-state index in [4.69, 9.17) is 10.5 Å². The van der Waals surface area contributed by atoms with Crippen molar-refractivity contribution < 1.29 is 4.74 Å². The highest BCUT2D eigenvalue weighted by atomic mass is 16.5. The van der Waals surface area contributed by atoms with E-state index < -0.39 is 5.72 Å². The molecule has 1 atom stereocenters. The van der Waals surface area contributed by atoms with Crippen molar-refractivity contribution in [3.8, 4) is 5.75 Å². The Bertz CT molecular complexity index is 331. The summed E-state index contributed by atoms with van der Waals surface area (Å²) < 4.78 is 5.45. The first-order valence-electron chi connectivity index (χ1n) is 3.79. The zero-order valence-electron chi connectivity index (χ0n) is 6.82. The Balaban J connectivity index is 2.46. The van der Waals surface area contributed by atoms with Crippen LogP contribution in [0.3, 0.4) is 0 Å². The molecule has 62 valence electrons. The lowest BCUT2D eigenvalue weighted by atomic mass is 10.2. The van der Waals surface area contributed by atoms with Crippen molar-refractivity contribution in [1.29, 1.82) is 0 Å². The lowest BCUT2D eigenvalue weighted by molar-refractivity contribution is 0.171. The Kier molecular flexibility index (Phi) is 1.41. The highest BCUT2D eigenvalue weighted by Crippen LogP contribution is 2.31. The summed E-state index contributed by atoms with van der Waals surface area (Å²) >= 11 is 0. The summed E-state index contributed by atoms with van der Waals surface area (Å²) in [5.74, 6) is 0.741. The van der Waals surface area contributed by atoms with E-state index in [9.17, 15) is 0 Å². The van der Waals surface area contributed by atoms with Crippen molar-refractivity contribution in [2.75, 3.05) is 0 Å². The number of nitrogens with zero attached hydrogens (tertiary/aromatic N) is 1. The molecule has 1 unspecified atom stereocenters. The minimum absolute atomic E-state index is 0.741. The van der Waals surface area contributed by atoms with Crippen LogP contribution in [0.15, 0.2) is 29.3 Å². The van der Waals surface area contributed by atoms with Gasteiger partial charge in [0.15, 0.2) is 5.72 Å². The monoisotopic (exact) mass is 162 g/mol. The number of aliphatic imine (C=N–C) groups is 1. The van der Waals surface area contributed by atoms with Crippen LogP contribution < -0.4 is 10.5 Å². The predicted octanol–water partition coefficient (Wildman–Crippen LogP) is 1.46. The summed E-state index contributed by atoms with van der Waals surface area (Å²) in [6.07, 6.45) is 1.61. The number of para-hydroxylation sites is 2. The summed E-state index contributed by atoms with van der Waals surface area (Å²) in [4.78, 5) is 4.17. The number of hydrogen-bond acceptors (Lipinski definition) is 3. The van der Waals surface area contributed by atoms with E-state index in [-0.39, 0.29) is 0 Å². The molecule has 1 heterocycles. The second kappa shape index (κ2) is 2.32. The largest absolute Gasteiger partial charge is 0.466 e. The highest BCUT2D eigenvalue weighted by molar-refractivity contribution is 5.76. The summed E-state index contributed by atoms with van der Waals surface area (Å²) in [6.45, 7) is 1.77. The molecule has 0 saturated carbocycles. The van der Waals surface area contributed by atoms with Gasteiger partial charge in [0.2, 0.25) is 0 Å². The van der Waals surface area contributed by atoms with Crippen molar-refractivity contribution >= 4 is 11.9 Å². The van der Waals surface area contributed by atoms with Crippen LogP contribution in [0.2, 0.25) is 0 Å². The first-order valence-corrected chi connectivity index (χ1v) is 3.79. The van der Waals surface area contributed by atoms with Crippen LogP contribution in [0.4, 0.5) is 5.69 Å². The molecule has 12 heavy (non-hydrogen) atoms. The van der Waals surface area contributed by atoms with Gasteiger partial charge in [0.05, 0.1) is 6.21 Å². The second-order valence-electron chi connectivity index (χ2n) is 3.01. The first kappa shape index (κ1) is 7.31. The number of fused-ring (bicyclic) bond motifs is 1. The van der Waals surface area contributed by atoms with Gasteiger partial charge < -0.3 is 4.74 Å². The fourth-order valence-corrected chi connectivity index (χ4v) is 1.11. The molecular weight excluding hydrogens is 152 g/mol. The van der Waals surface area contributed by atoms with Crippen molar-refractivity contribution in [3.63, 3.8) is 0 Å². The maximum atomic E-state index is 5.72.